The summed E-state index contributed by atoms with van der Waals surface area (Å²) in [5, 5.41) is 3.11. The van der Waals surface area contributed by atoms with E-state index >= 15 is 0 Å². The normalized spacial score (nSPS) is 15.6. The molecule has 0 amide bonds. The molecule has 124 valence electrons. The number of hydrogen-bond acceptors (Lipinski definition) is 3. The van der Waals surface area contributed by atoms with Crippen LogP contribution in [-0.2, 0) is 12.6 Å². The summed E-state index contributed by atoms with van der Waals surface area (Å²) in [6, 6.07) is 10.6. The third-order valence-electron chi connectivity index (χ3n) is 4.98. The van der Waals surface area contributed by atoms with Crippen molar-refractivity contribution in [2.75, 3.05) is 0 Å². The van der Waals surface area contributed by atoms with Gasteiger partial charge in [0.1, 0.15) is 11.4 Å². The van der Waals surface area contributed by atoms with E-state index in [2.05, 4.69) is 44.3 Å². The van der Waals surface area contributed by atoms with E-state index in [1.165, 1.54) is 5.56 Å². The second-order valence-electron chi connectivity index (χ2n) is 6.84. The number of hydrogen-bond donors (Lipinski definition) is 3. The van der Waals surface area contributed by atoms with Gasteiger partial charge in [-0.15, -0.1) is 4.68 Å². The highest BCUT2D eigenvalue weighted by Gasteiger charge is 2.39. The Morgan fingerprint density at radius 2 is 1.92 bits per heavy atom. The number of pyridine rings is 1. The van der Waals surface area contributed by atoms with Crippen molar-refractivity contribution in [3.63, 3.8) is 0 Å². The van der Waals surface area contributed by atoms with Crippen LogP contribution in [0, 0.1) is 0 Å². The minimum absolute atomic E-state index is 0.100. The molecule has 0 atom stereocenters. The molecule has 3 aromatic heterocycles. The summed E-state index contributed by atoms with van der Waals surface area (Å²) >= 11 is 0. The second kappa shape index (κ2) is 5.00. The molecule has 0 radical (unpaired) electrons. The van der Waals surface area contributed by atoms with Gasteiger partial charge in [0, 0.05) is 17.3 Å². The molecular formula is C19H19N6+. The number of aromatic nitrogens is 5. The number of aromatic amines is 2. The first-order valence-electron chi connectivity index (χ1n) is 8.41. The molecule has 6 heteroatoms. The van der Waals surface area contributed by atoms with E-state index in [-0.39, 0.29) is 5.54 Å². The van der Waals surface area contributed by atoms with Crippen LogP contribution in [0.5, 0.6) is 0 Å². The molecule has 3 heterocycles. The van der Waals surface area contributed by atoms with Crippen LogP contribution in [0.3, 0.4) is 0 Å². The molecule has 25 heavy (non-hydrogen) atoms. The van der Waals surface area contributed by atoms with Crippen LogP contribution in [0.25, 0.3) is 33.7 Å². The Balaban J connectivity index is 1.60. The maximum absolute atomic E-state index is 6.29. The zero-order valence-corrected chi connectivity index (χ0v) is 14.0. The summed E-state index contributed by atoms with van der Waals surface area (Å²) in [6.07, 6.45) is 7.86. The maximum atomic E-state index is 6.29. The van der Waals surface area contributed by atoms with Gasteiger partial charge >= 0.3 is 0 Å². The van der Waals surface area contributed by atoms with Crippen molar-refractivity contribution < 1.29 is 4.68 Å². The van der Waals surface area contributed by atoms with Crippen LogP contribution in [0.1, 0.15) is 18.4 Å². The maximum Gasteiger partial charge on any atom is 0.206 e. The molecule has 4 aromatic rings. The third kappa shape index (κ3) is 2.34. The van der Waals surface area contributed by atoms with Gasteiger partial charge in [0.25, 0.3) is 0 Å². The van der Waals surface area contributed by atoms with Crippen LogP contribution in [0.4, 0.5) is 0 Å². The molecule has 1 aliphatic carbocycles. The average molecular weight is 331 g/mol. The van der Waals surface area contributed by atoms with Crippen LogP contribution in [0.2, 0.25) is 0 Å². The zero-order valence-electron chi connectivity index (χ0n) is 14.0. The predicted molar refractivity (Wildman–Crippen MR) is 95.4 cm³/mol. The molecule has 1 aromatic carbocycles. The lowest BCUT2D eigenvalue weighted by Crippen LogP contribution is -2.27. The van der Waals surface area contributed by atoms with E-state index in [0.717, 1.165) is 46.5 Å². The quantitative estimate of drug-likeness (QED) is 0.504. The van der Waals surface area contributed by atoms with Gasteiger partial charge in [0.15, 0.2) is 12.7 Å². The highest BCUT2D eigenvalue weighted by atomic mass is 15.2. The van der Waals surface area contributed by atoms with Gasteiger partial charge in [-0.2, -0.15) is 5.10 Å². The molecule has 5 rings (SSSR count). The SMILES string of the molecule is C[n+]1cc(-c2nc3nccc(-c4ccc(C5(N)CC5)cc4)c3[nH]2)c[nH]1. The zero-order chi connectivity index (χ0) is 17.0. The van der Waals surface area contributed by atoms with E-state index in [9.17, 15) is 0 Å². The number of fused-ring (bicyclic) bond motifs is 1. The fourth-order valence-electron chi connectivity index (χ4n) is 3.28. The Labute approximate surface area is 144 Å². The summed E-state index contributed by atoms with van der Waals surface area (Å²) < 4.78 is 1.89. The van der Waals surface area contributed by atoms with Gasteiger partial charge in [0.05, 0.1) is 11.7 Å². The molecule has 4 N–H and O–H groups in total. The molecule has 0 bridgehead atoms. The van der Waals surface area contributed by atoms with Gasteiger partial charge in [-0.1, -0.05) is 24.3 Å². The summed E-state index contributed by atoms with van der Waals surface area (Å²) in [5.41, 5.74) is 12.3. The first-order chi connectivity index (χ1) is 12.1. The minimum Gasteiger partial charge on any atom is -0.336 e. The van der Waals surface area contributed by atoms with Gasteiger partial charge < -0.3 is 10.7 Å². The Kier molecular flexibility index (Phi) is 2.87. The third-order valence-corrected chi connectivity index (χ3v) is 4.98. The molecule has 1 fully saturated rings. The second-order valence-corrected chi connectivity index (χ2v) is 6.84. The molecule has 1 aliphatic rings. The van der Waals surface area contributed by atoms with Gasteiger partial charge in [-0.05, 0) is 30.0 Å². The van der Waals surface area contributed by atoms with Crippen LogP contribution in [-0.4, -0.2) is 20.1 Å². The van der Waals surface area contributed by atoms with E-state index in [1.807, 2.05) is 30.2 Å². The molecule has 0 spiro atoms. The number of aryl methyl sites for hydroxylation is 1. The number of nitrogens with two attached hydrogens (primary N) is 1. The van der Waals surface area contributed by atoms with Crippen LogP contribution in [0.15, 0.2) is 48.9 Å². The van der Waals surface area contributed by atoms with Crippen molar-refractivity contribution in [1.29, 1.82) is 0 Å². The van der Waals surface area contributed by atoms with Gasteiger partial charge in [-0.25, -0.2) is 9.97 Å². The molecule has 0 saturated heterocycles. The van der Waals surface area contributed by atoms with Crippen LogP contribution >= 0.6 is 0 Å². The predicted octanol–water partition coefficient (Wildman–Crippen LogP) is 2.39. The first-order valence-corrected chi connectivity index (χ1v) is 8.41. The van der Waals surface area contributed by atoms with Gasteiger partial charge in [0.2, 0.25) is 6.20 Å². The summed E-state index contributed by atoms with van der Waals surface area (Å²) in [6.45, 7) is 0. The average Bonchev–Trinajstić information content (AvgIpc) is 3.05. The fourth-order valence-corrected chi connectivity index (χ4v) is 3.28. The Morgan fingerprint density at radius 3 is 2.60 bits per heavy atom. The van der Waals surface area contributed by atoms with Crippen molar-refractivity contribution in [3.8, 4) is 22.5 Å². The van der Waals surface area contributed by atoms with Crippen molar-refractivity contribution >= 4 is 11.2 Å². The standard InChI is InChI=1S/C19H18N6/c1-25-11-13(10-22-25)17-23-16-15(6-9-21-18(16)24-17)12-2-4-14(5-3-12)19(20)7-8-19/h2-6,9-11H,7-8,20H2,1H3,(H,21,23,24)/p+1. The van der Waals surface area contributed by atoms with Crippen molar-refractivity contribution in [3.05, 3.63) is 54.5 Å². The van der Waals surface area contributed by atoms with E-state index in [1.54, 1.807) is 6.20 Å². The molecule has 0 unspecified atom stereocenters. The number of nitrogens with one attached hydrogen (secondary N) is 2. The highest BCUT2D eigenvalue weighted by molar-refractivity contribution is 5.91. The number of rotatable bonds is 3. The van der Waals surface area contributed by atoms with Crippen molar-refractivity contribution in [2.24, 2.45) is 12.8 Å². The minimum atomic E-state index is -0.100. The lowest BCUT2D eigenvalue weighted by Gasteiger charge is -2.10. The molecular weight excluding hydrogens is 312 g/mol. The van der Waals surface area contributed by atoms with Crippen LogP contribution < -0.4 is 10.4 Å². The highest BCUT2D eigenvalue weighted by Crippen LogP contribution is 2.43. The fraction of sp³-hybridized carbons (Fsp3) is 0.211. The Hall–Kier alpha value is -2.99. The largest absolute Gasteiger partial charge is 0.336 e. The monoisotopic (exact) mass is 331 g/mol. The molecule has 1 saturated carbocycles. The summed E-state index contributed by atoms with van der Waals surface area (Å²) in [4.78, 5) is 12.5. The van der Waals surface area contributed by atoms with E-state index in [4.69, 9.17) is 5.73 Å². The topological polar surface area (TPSA) is 87.3 Å². The lowest BCUT2D eigenvalue weighted by atomic mass is 10.00. The Bertz CT molecular complexity index is 1070. The number of imidazole rings is 1. The molecule has 6 nitrogen and oxygen atoms in total. The lowest BCUT2D eigenvalue weighted by molar-refractivity contribution is -0.726. The number of benzene rings is 1. The number of H-pyrrole nitrogens is 2. The van der Waals surface area contributed by atoms with Crippen molar-refractivity contribution in [1.82, 2.24) is 20.1 Å². The first kappa shape index (κ1) is 14.4. The van der Waals surface area contributed by atoms with E-state index in [0.29, 0.717) is 0 Å². The summed E-state index contributed by atoms with van der Waals surface area (Å²) in [7, 11) is 1.95. The van der Waals surface area contributed by atoms with Crippen molar-refractivity contribution in [2.45, 2.75) is 18.4 Å². The Morgan fingerprint density at radius 1 is 1.12 bits per heavy atom. The summed E-state index contributed by atoms with van der Waals surface area (Å²) in [5.74, 6) is 0.808. The number of nitrogens with zero attached hydrogens (tertiary/aromatic N) is 3. The smallest absolute Gasteiger partial charge is 0.206 e. The van der Waals surface area contributed by atoms with E-state index < -0.39 is 0 Å². The van der Waals surface area contributed by atoms with Gasteiger partial charge in [-0.3, -0.25) is 0 Å². The molecule has 0 aliphatic heterocycles.